The zero-order chi connectivity index (χ0) is 21.1. The van der Waals surface area contributed by atoms with Crippen LogP contribution in [-0.4, -0.2) is 24.4 Å². The Morgan fingerprint density at radius 1 is 1.23 bits per heavy atom. The van der Waals surface area contributed by atoms with Gasteiger partial charge in [-0.15, -0.1) is 0 Å². The third-order valence-corrected chi connectivity index (χ3v) is 7.03. The number of carbonyl (C=O) groups excluding carboxylic acids is 2. The maximum atomic E-state index is 13.5. The van der Waals surface area contributed by atoms with Crippen molar-refractivity contribution in [3.05, 3.63) is 52.9 Å². The molecule has 3 heterocycles. The number of anilines is 1. The Morgan fingerprint density at radius 2 is 2.07 bits per heavy atom. The maximum absolute atomic E-state index is 13.5. The number of azo groups is 1. The van der Waals surface area contributed by atoms with Crippen LogP contribution in [0.2, 0.25) is 0 Å². The SMILES string of the molecule is CCC1(c2cccc(N3CCCC3=O)c2)C2=CN=NC2NC2=C1C(=O)CC(C)(C)C2. The number of carbonyl (C=O) groups is 2. The van der Waals surface area contributed by atoms with Crippen LogP contribution in [0.15, 0.2) is 57.5 Å². The van der Waals surface area contributed by atoms with Gasteiger partial charge in [0.1, 0.15) is 0 Å². The molecule has 1 fully saturated rings. The second-order valence-electron chi connectivity index (χ2n) is 9.61. The highest BCUT2D eigenvalue weighted by molar-refractivity contribution is 6.02. The summed E-state index contributed by atoms with van der Waals surface area (Å²) in [6.07, 6.45) is 5.17. The quantitative estimate of drug-likeness (QED) is 0.812. The number of fused-ring (bicyclic) bond motifs is 1. The fourth-order valence-electron chi connectivity index (χ4n) is 5.75. The van der Waals surface area contributed by atoms with Gasteiger partial charge in [-0.05, 0) is 42.4 Å². The molecule has 5 rings (SSSR count). The number of hydrogen-bond acceptors (Lipinski definition) is 5. The monoisotopic (exact) mass is 404 g/mol. The minimum absolute atomic E-state index is 0.0802. The van der Waals surface area contributed by atoms with Gasteiger partial charge in [-0.3, -0.25) is 9.59 Å². The van der Waals surface area contributed by atoms with E-state index in [1.165, 1.54) is 0 Å². The number of nitrogens with zero attached hydrogens (tertiary/aromatic N) is 3. The second kappa shape index (κ2) is 6.62. The molecule has 0 aromatic heterocycles. The number of nitrogens with one attached hydrogen (secondary N) is 1. The van der Waals surface area contributed by atoms with E-state index in [-0.39, 0.29) is 23.3 Å². The van der Waals surface area contributed by atoms with Crippen molar-refractivity contribution in [2.45, 2.75) is 64.5 Å². The van der Waals surface area contributed by atoms with E-state index in [1.54, 1.807) is 0 Å². The molecule has 0 radical (unpaired) electrons. The molecule has 0 bridgehead atoms. The summed E-state index contributed by atoms with van der Waals surface area (Å²) in [4.78, 5) is 27.7. The number of benzene rings is 1. The first-order valence-electron chi connectivity index (χ1n) is 10.9. The van der Waals surface area contributed by atoms with Gasteiger partial charge in [-0.2, -0.15) is 10.2 Å². The van der Waals surface area contributed by atoms with Crippen molar-refractivity contribution in [2.24, 2.45) is 15.6 Å². The lowest BCUT2D eigenvalue weighted by Crippen LogP contribution is -2.51. The minimum atomic E-state index is -0.568. The molecule has 6 heteroatoms. The molecule has 1 amide bonds. The van der Waals surface area contributed by atoms with Crippen molar-refractivity contribution in [1.29, 1.82) is 0 Å². The predicted molar refractivity (Wildman–Crippen MR) is 115 cm³/mol. The van der Waals surface area contributed by atoms with Crippen LogP contribution >= 0.6 is 0 Å². The fraction of sp³-hybridized carbons (Fsp3) is 0.500. The summed E-state index contributed by atoms with van der Waals surface area (Å²) < 4.78 is 0. The van der Waals surface area contributed by atoms with E-state index < -0.39 is 5.41 Å². The van der Waals surface area contributed by atoms with Crippen molar-refractivity contribution < 1.29 is 9.59 Å². The van der Waals surface area contributed by atoms with Crippen molar-refractivity contribution in [2.75, 3.05) is 11.4 Å². The number of amides is 1. The molecule has 30 heavy (non-hydrogen) atoms. The smallest absolute Gasteiger partial charge is 0.227 e. The molecule has 1 N–H and O–H groups in total. The molecule has 3 aliphatic heterocycles. The summed E-state index contributed by atoms with van der Waals surface area (Å²) in [5.41, 5.74) is 4.21. The summed E-state index contributed by atoms with van der Waals surface area (Å²) in [7, 11) is 0. The molecule has 2 atom stereocenters. The predicted octanol–water partition coefficient (Wildman–Crippen LogP) is 4.38. The Hall–Kier alpha value is -2.76. The second-order valence-corrected chi connectivity index (χ2v) is 9.61. The average molecular weight is 405 g/mol. The largest absolute Gasteiger partial charge is 0.362 e. The van der Waals surface area contributed by atoms with E-state index in [0.717, 1.165) is 53.9 Å². The molecule has 1 aliphatic carbocycles. The zero-order valence-electron chi connectivity index (χ0n) is 17.9. The average Bonchev–Trinajstić information content (AvgIpc) is 3.34. The molecule has 2 unspecified atom stereocenters. The topological polar surface area (TPSA) is 74.1 Å². The van der Waals surface area contributed by atoms with Gasteiger partial charge in [0.05, 0.1) is 11.6 Å². The Labute approximate surface area is 177 Å². The first kappa shape index (κ1) is 19.2. The van der Waals surface area contributed by atoms with E-state index in [4.69, 9.17) is 0 Å². The highest BCUT2D eigenvalue weighted by Gasteiger charge is 2.53. The highest BCUT2D eigenvalue weighted by Crippen LogP contribution is 2.54. The summed E-state index contributed by atoms with van der Waals surface area (Å²) >= 11 is 0. The molecule has 0 saturated carbocycles. The fourth-order valence-corrected chi connectivity index (χ4v) is 5.75. The number of hydrogen-bond donors (Lipinski definition) is 1. The molecule has 1 saturated heterocycles. The Bertz CT molecular complexity index is 1040. The van der Waals surface area contributed by atoms with E-state index in [0.29, 0.717) is 12.8 Å². The zero-order valence-corrected chi connectivity index (χ0v) is 17.9. The van der Waals surface area contributed by atoms with E-state index in [9.17, 15) is 9.59 Å². The van der Waals surface area contributed by atoms with Crippen LogP contribution in [-0.2, 0) is 15.0 Å². The maximum Gasteiger partial charge on any atom is 0.227 e. The molecule has 4 aliphatic rings. The number of rotatable bonds is 3. The summed E-state index contributed by atoms with van der Waals surface area (Å²) in [6, 6.07) is 8.19. The normalized spacial score (nSPS) is 29.6. The van der Waals surface area contributed by atoms with Gasteiger partial charge in [-0.1, -0.05) is 32.9 Å². The van der Waals surface area contributed by atoms with Gasteiger partial charge in [0, 0.05) is 41.9 Å². The molecule has 156 valence electrons. The molecule has 6 nitrogen and oxygen atoms in total. The summed E-state index contributed by atoms with van der Waals surface area (Å²) in [5, 5.41) is 12.1. The van der Waals surface area contributed by atoms with Crippen LogP contribution in [0.3, 0.4) is 0 Å². The van der Waals surface area contributed by atoms with Gasteiger partial charge < -0.3 is 10.2 Å². The number of allylic oxidation sites excluding steroid dienone is 2. The summed E-state index contributed by atoms with van der Waals surface area (Å²) in [5.74, 6) is 0.367. The first-order chi connectivity index (χ1) is 14.4. The van der Waals surface area contributed by atoms with Gasteiger partial charge >= 0.3 is 0 Å². The Balaban J connectivity index is 1.71. The molecular formula is C24H28N4O2. The van der Waals surface area contributed by atoms with E-state index in [2.05, 4.69) is 48.4 Å². The Kier molecular flexibility index (Phi) is 4.24. The van der Waals surface area contributed by atoms with Crippen LogP contribution in [0.4, 0.5) is 5.69 Å². The summed E-state index contributed by atoms with van der Waals surface area (Å²) in [6.45, 7) is 7.17. The molecule has 1 aromatic carbocycles. The lowest BCUT2D eigenvalue weighted by molar-refractivity contribution is -0.119. The van der Waals surface area contributed by atoms with Crippen molar-refractivity contribution >= 4 is 17.4 Å². The first-order valence-corrected chi connectivity index (χ1v) is 10.9. The minimum Gasteiger partial charge on any atom is -0.362 e. The van der Waals surface area contributed by atoms with Crippen molar-refractivity contribution in [3.63, 3.8) is 0 Å². The van der Waals surface area contributed by atoms with Gasteiger partial charge in [0.2, 0.25) is 5.91 Å². The lowest BCUT2D eigenvalue weighted by atomic mass is 9.59. The van der Waals surface area contributed by atoms with Crippen LogP contribution in [0.1, 0.15) is 58.4 Å². The lowest BCUT2D eigenvalue weighted by Gasteiger charge is -2.48. The molecular weight excluding hydrogens is 376 g/mol. The van der Waals surface area contributed by atoms with Crippen LogP contribution in [0.5, 0.6) is 0 Å². The standard InChI is InChI=1S/C24H28N4O2/c1-4-24(15-7-5-8-16(11-15)28-10-6-9-20(28)30)17-14-25-27-22(17)26-18-12-23(2,3)13-19(29)21(18)24/h5,7-8,11,14,22,26H,4,6,9-10,12-13H2,1-3H3. The molecule has 1 aromatic rings. The molecule has 0 spiro atoms. The Morgan fingerprint density at radius 3 is 2.80 bits per heavy atom. The third kappa shape index (κ3) is 2.69. The van der Waals surface area contributed by atoms with Gasteiger partial charge in [0.15, 0.2) is 11.9 Å². The highest BCUT2D eigenvalue weighted by atomic mass is 16.2. The number of Topliss-reactive ketones (excluding diaryl/α,β-unsaturated/α-hetero) is 1. The van der Waals surface area contributed by atoms with E-state index >= 15 is 0 Å². The number of ketones is 1. The third-order valence-electron chi connectivity index (χ3n) is 7.03. The van der Waals surface area contributed by atoms with Gasteiger partial charge in [-0.25, -0.2) is 0 Å². The van der Waals surface area contributed by atoms with Crippen LogP contribution < -0.4 is 10.2 Å². The van der Waals surface area contributed by atoms with Gasteiger partial charge in [0.25, 0.3) is 0 Å². The van der Waals surface area contributed by atoms with Crippen LogP contribution in [0, 0.1) is 5.41 Å². The van der Waals surface area contributed by atoms with E-state index in [1.807, 2.05) is 23.2 Å². The van der Waals surface area contributed by atoms with Crippen LogP contribution in [0.25, 0.3) is 0 Å². The van der Waals surface area contributed by atoms with Crippen molar-refractivity contribution in [1.82, 2.24) is 5.32 Å². The van der Waals surface area contributed by atoms with Crippen molar-refractivity contribution in [3.8, 4) is 0 Å².